The maximum Gasteiger partial charge on any atom is 0.144 e. The Balaban J connectivity index is 1.68. The molecule has 7 aliphatic rings. The molecular formula is C21H27NO2. The van der Waals surface area contributed by atoms with Gasteiger partial charge in [-0.1, -0.05) is 25.5 Å². The van der Waals surface area contributed by atoms with E-state index < -0.39 is 0 Å². The van der Waals surface area contributed by atoms with E-state index in [1.54, 1.807) is 0 Å². The highest BCUT2D eigenvalue weighted by Gasteiger charge is 2.83. The monoisotopic (exact) mass is 325 g/mol. The van der Waals surface area contributed by atoms with Crippen LogP contribution in [-0.4, -0.2) is 36.1 Å². The van der Waals surface area contributed by atoms with E-state index >= 15 is 0 Å². The normalized spacial score (nSPS) is 60.8. The van der Waals surface area contributed by atoms with Gasteiger partial charge in [0.25, 0.3) is 0 Å². The first-order chi connectivity index (χ1) is 11.4. The molecule has 6 bridgehead atoms. The lowest BCUT2D eigenvalue weighted by atomic mass is 9.39. The molecule has 0 aromatic heterocycles. The van der Waals surface area contributed by atoms with Gasteiger partial charge in [0.15, 0.2) is 0 Å². The summed E-state index contributed by atoms with van der Waals surface area (Å²) in [6.07, 6.45) is 6.02. The first-order valence-corrected chi connectivity index (χ1v) is 9.79. The van der Waals surface area contributed by atoms with E-state index in [4.69, 9.17) is 0 Å². The number of fused-ring (bicyclic) bond motifs is 1. The zero-order valence-electron chi connectivity index (χ0n) is 14.8. The van der Waals surface area contributed by atoms with Crippen LogP contribution in [0.1, 0.15) is 45.4 Å². The van der Waals surface area contributed by atoms with Crippen LogP contribution in [0.4, 0.5) is 0 Å². The Morgan fingerprint density at radius 3 is 2.75 bits per heavy atom. The fourth-order valence-electron chi connectivity index (χ4n) is 9.57. The second-order valence-electron chi connectivity index (χ2n) is 10.4. The van der Waals surface area contributed by atoms with E-state index in [9.17, 15) is 9.59 Å². The summed E-state index contributed by atoms with van der Waals surface area (Å²) < 4.78 is 0. The van der Waals surface area contributed by atoms with Crippen molar-refractivity contribution >= 4 is 11.6 Å². The van der Waals surface area contributed by atoms with Gasteiger partial charge in [-0.25, -0.2) is 0 Å². The van der Waals surface area contributed by atoms with Gasteiger partial charge in [-0.05, 0) is 49.5 Å². The molecule has 3 nitrogen and oxygen atoms in total. The largest absolute Gasteiger partial charge is 0.302 e. The maximum absolute atomic E-state index is 13.5. The average molecular weight is 325 g/mol. The van der Waals surface area contributed by atoms with Crippen molar-refractivity contribution in [1.29, 1.82) is 0 Å². The van der Waals surface area contributed by atoms with E-state index in [-0.39, 0.29) is 34.0 Å². The molecular weight excluding hydrogens is 298 g/mol. The van der Waals surface area contributed by atoms with Crippen LogP contribution < -0.4 is 0 Å². The summed E-state index contributed by atoms with van der Waals surface area (Å²) >= 11 is 0. The Morgan fingerprint density at radius 1 is 1.17 bits per heavy atom. The van der Waals surface area contributed by atoms with Crippen molar-refractivity contribution in [2.24, 2.45) is 39.9 Å². The molecule has 128 valence electrons. The molecule has 3 heteroatoms. The van der Waals surface area contributed by atoms with Crippen molar-refractivity contribution in [3.8, 4) is 0 Å². The lowest BCUT2D eigenvalue weighted by Crippen LogP contribution is -2.69. The molecule has 8 atom stereocenters. The first-order valence-electron chi connectivity index (χ1n) is 9.79. The third-order valence-electron chi connectivity index (χ3n) is 9.45. The highest BCUT2D eigenvalue weighted by molar-refractivity contribution is 5.97. The second kappa shape index (κ2) is 3.75. The van der Waals surface area contributed by atoms with Gasteiger partial charge in [0, 0.05) is 42.2 Å². The molecule has 6 saturated carbocycles. The Bertz CT molecular complexity index is 727. The van der Waals surface area contributed by atoms with Crippen LogP contribution in [0, 0.1) is 39.9 Å². The van der Waals surface area contributed by atoms with Gasteiger partial charge in [-0.15, -0.1) is 0 Å². The molecule has 1 heterocycles. The second-order valence-corrected chi connectivity index (χ2v) is 10.4. The fraction of sp³-hybridized carbons (Fsp3) is 0.810. The Hall–Kier alpha value is -0.960. The number of Topliss-reactive ketones (excluding diaryl/α,β-unsaturated/α-hetero) is 2. The van der Waals surface area contributed by atoms with Crippen molar-refractivity contribution in [3.63, 3.8) is 0 Å². The molecule has 2 unspecified atom stereocenters. The Morgan fingerprint density at radius 2 is 1.96 bits per heavy atom. The molecule has 2 spiro atoms. The zero-order valence-corrected chi connectivity index (χ0v) is 14.8. The highest BCUT2D eigenvalue weighted by Crippen LogP contribution is 2.81. The van der Waals surface area contributed by atoms with E-state index in [2.05, 4.69) is 25.5 Å². The summed E-state index contributed by atoms with van der Waals surface area (Å²) in [5, 5.41) is 0. The van der Waals surface area contributed by atoms with Crippen LogP contribution in [0.2, 0.25) is 0 Å². The van der Waals surface area contributed by atoms with Crippen molar-refractivity contribution in [2.75, 3.05) is 13.6 Å². The fourth-order valence-corrected chi connectivity index (χ4v) is 9.57. The van der Waals surface area contributed by atoms with Gasteiger partial charge in [0.1, 0.15) is 11.6 Å². The van der Waals surface area contributed by atoms with Gasteiger partial charge >= 0.3 is 0 Å². The predicted octanol–water partition coefficient (Wildman–Crippen LogP) is 2.85. The standard InChI is InChI=1S/C21H27NO2/c1-11-8-20-9-14(23)16-19(2)5-4-6-21(16)17(20)15(24)12(11)7-13(20)18(21)22(3)10-19/h12-13,16-18H,1,4-10H2,2-3H3/t12-,13?,16-,17-,18?,19+,20+,21+/m1/s1. The number of allylic oxidation sites excluding steroid dienone is 1. The minimum Gasteiger partial charge on any atom is -0.302 e. The molecule has 7 rings (SSSR count). The molecule has 0 amide bonds. The SMILES string of the molecule is C=C1C[C@]23CC(=O)[C@@H]4[C@@]5(C)CCC[C@]46C(C2C[C@H]1C(=O)[C@H]36)N(C)C5. The third kappa shape index (κ3) is 1.14. The zero-order chi connectivity index (χ0) is 16.6. The van der Waals surface area contributed by atoms with Gasteiger partial charge in [0.05, 0.1) is 0 Å². The number of hydrogen-bond donors (Lipinski definition) is 0. The van der Waals surface area contributed by atoms with Gasteiger partial charge in [-0.3, -0.25) is 9.59 Å². The molecule has 24 heavy (non-hydrogen) atoms. The molecule has 0 aromatic rings. The maximum atomic E-state index is 13.5. The van der Waals surface area contributed by atoms with Crippen molar-refractivity contribution in [1.82, 2.24) is 4.90 Å². The molecule has 1 aliphatic heterocycles. The number of carbonyl (C=O) groups excluding carboxylic acids is 2. The van der Waals surface area contributed by atoms with E-state index in [0.717, 1.165) is 37.8 Å². The van der Waals surface area contributed by atoms with Gasteiger partial charge in [-0.2, -0.15) is 0 Å². The van der Waals surface area contributed by atoms with Gasteiger partial charge in [0.2, 0.25) is 0 Å². The minimum atomic E-state index is -0.0714. The number of piperidine rings is 1. The lowest BCUT2D eigenvalue weighted by molar-refractivity contribution is -0.186. The van der Waals surface area contributed by atoms with Crippen LogP contribution in [0.5, 0.6) is 0 Å². The smallest absolute Gasteiger partial charge is 0.144 e. The van der Waals surface area contributed by atoms with Gasteiger partial charge < -0.3 is 4.90 Å². The van der Waals surface area contributed by atoms with Crippen molar-refractivity contribution in [3.05, 3.63) is 12.2 Å². The molecule has 6 aliphatic carbocycles. The summed E-state index contributed by atoms with van der Waals surface area (Å²) in [5.74, 6) is 1.89. The quantitative estimate of drug-likeness (QED) is 0.643. The first kappa shape index (κ1) is 14.2. The number of nitrogens with zero attached hydrogens (tertiary/aromatic N) is 1. The summed E-state index contributed by atoms with van der Waals surface area (Å²) in [5.41, 5.74) is 1.09. The number of hydrogen-bond acceptors (Lipinski definition) is 3. The molecule has 7 fully saturated rings. The molecule has 1 saturated heterocycles. The molecule has 0 radical (unpaired) electrons. The number of likely N-dealkylation sites (tertiary alicyclic amines) is 1. The molecule has 0 N–H and O–H groups in total. The van der Waals surface area contributed by atoms with E-state index in [1.807, 2.05) is 0 Å². The van der Waals surface area contributed by atoms with Crippen LogP contribution in [0.15, 0.2) is 12.2 Å². The van der Waals surface area contributed by atoms with Crippen molar-refractivity contribution in [2.45, 2.75) is 51.5 Å². The number of ketones is 2. The summed E-state index contributed by atoms with van der Waals surface area (Å²) in [6.45, 7) is 7.64. The van der Waals surface area contributed by atoms with E-state index in [1.165, 1.54) is 6.42 Å². The van der Waals surface area contributed by atoms with E-state index in [0.29, 0.717) is 29.9 Å². The molecule has 0 aromatic carbocycles. The van der Waals surface area contributed by atoms with Crippen molar-refractivity contribution < 1.29 is 9.59 Å². The third-order valence-corrected chi connectivity index (χ3v) is 9.45. The summed E-state index contributed by atoms with van der Waals surface area (Å²) in [6, 6.07) is 0.453. The summed E-state index contributed by atoms with van der Waals surface area (Å²) in [4.78, 5) is 29.5. The average Bonchev–Trinajstić information content (AvgIpc) is 2.57. The Labute approximate surface area is 143 Å². The topological polar surface area (TPSA) is 37.4 Å². The Kier molecular flexibility index (Phi) is 2.22. The summed E-state index contributed by atoms with van der Waals surface area (Å²) in [7, 11) is 2.27. The van der Waals surface area contributed by atoms with Crippen LogP contribution >= 0.6 is 0 Å². The number of rotatable bonds is 0. The van der Waals surface area contributed by atoms with Crippen LogP contribution in [0.25, 0.3) is 0 Å². The number of carbonyl (C=O) groups is 2. The predicted molar refractivity (Wildman–Crippen MR) is 90.2 cm³/mol. The minimum absolute atomic E-state index is 0.0491. The lowest BCUT2D eigenvalue weighted by Gasteiger charge is -2.65. The van der Waals surface area contributed by atoms with Crippen LogP contribution in [0.3, 0.4) is 0 Å². The van der Waals surface area contributed by atoms with Crippen LogP contribution in [-0.2, 0) is 9.59 Å². The highest BCUT2D eigenvalue weighted by atomic mass is 16.1.